The van der Waals surface area contributed by atoms with Crippen LogP contribution >= 0.6 is 11.3 Å². The number of likely N-dealkylation sites (N-methyl/N-ethyl adjacent to an activating group) is 1. The van der Waals surface area contributed by atoms with E-state index in [1.165, 1.54) is 0 Å². The predicted octanol–water partition coefficient (Wildman–Crippen LogP) is 4.63. The van der Waals surface area contributed by atoms with Crippen LogP contribution in [0.3, 0.4) is 0 Å². The minimum atomic E-state index is -0.296. The van der Waals surface area contributed by atoms with Gasteiger partial charge in [-0.3, -0.25) is 9.69 Å². The van der Waals surface area contributed by atoms with Crippen LogP contribution in [0.1, 0.15) is 30.5 Å². The van der Waals surface area contributed by atoms with Gasteiger partial charge in [-0.15, -0.1) is 11.3 Å². The van der Waals surface area contributed by atoms with Crippen molar-refractivity contribution in [2.45, 2.75) is 26.8 Å². The zero-order chi connectivity index (χ0) is 17.8. The van der Waals surface area contributed by atoms with E-state index in [-0.39, 0.29) is 11.9 Å². The van der Waals surface area contributed by atoms with E-state index < -0.39 is 0 Å². The van der Waals surface area contributed by atoms with Gasteiger partial charge in [0.25, 0.3) is 0 Å². The molecule has 5 heteroatoms. The Morgan fingerprint density at radius 3 is 2.56 bits per heavy atom. The summed E-state index contributed by atoms with van der Waals surface area (Å²) in [5, 5.41) is 4.12. The zero-order valence-corrected chi connectivity index (χ0v) is 15.6. The van der Waals surface area contributed by atoms with E-state index in [0.29, 0.717) is 0 Å². The fourth-order valence-electron chi connectivity index (χ4n) is 3.08. The van der Waals surface area contributed by atoms with Crippen molar-refractivity contribution >= 4 is 33.1 Å². The number of aromatic nitrogens is 1. The monoisotopic (exact) mass is 353 g/mol. The van der Waals surface area contributed by atoms with E-state index in [9.17, 15) is 4.79 Å². The molecule has 1 amide bonds. The van der Waals surface area contributed by atoms with Crippen molar-refractivity contribution < 1.29 is 4.79 Å². The predicted molar refractivity (Wildman–Crippen MR) is 105 cm³/mol. The van der Waals surface area contributed by atoms with Gasteiger partial charge in [-0.2, -0.15) is 0 Å². The molecule has 4 nitrogen and oxygen atoms in total. The van der Waals surface area contributed by atoms with E-state index in [1.54, 1.807) is 11.3 Å². The summed E-state index contributed by atoms with van der Waals surface area (Å²) in [6, 6.07) is 15.5. The summed E-state index contributed by atoms with van der Waals surface area (Å²) in [4.78, 5) is 19.7. The lowest BCUT2D eigenvalue weighted by Gasteiger charge is -2.29. The van der Waals surface area contributed by atoms with Gasteiger partial charge < -0.3 is 5.32 Å². The number of benzene rings is 2. The molecule has 0 radical (unpaired) electrons. The summed E-state index contributed by atoms with van der Waals surface area (Å²) in [5.41, 5.74) is 2.80. The Labute approximate surface area is 152 Å². The molecule has 1 unspecified atom stereocenters. The van der Waals surface area contributed by atoms with Crippen molar-refractivity contribution in [1.29, 1.82) is 0 Å². The smallest absolute Gasteiger partial charge is 0.246 e. The van der Waals surface area contributed by atoms with Gasteiger partial charge in [-0.05, 0) is 43.8 Å². The number of anilines is 1. The van der Waals surface area contributed by atoms with Crippen LogP contribution in [-0.2, 0) is 4.79 Å². The molecule has 1 heterocycles. The first-order valence-electron chi connectivity index (χ1n) is 8.59. The molecule has 0 aliphatic rings. The number of hydrogen-bond acceptors (Lipinski definition) is 4. The van der Waals surface area contributed by atoms with Crippen molar-refractivity contribution in [3.8, 4) is 0 Å². The second-order valence-corrected chi connectivity index (χ2v) is 7.17. The Bertz CT molecular complexity index is 856. The standard InChI is InChI=1S/C20H23N3OS/c1-4-23(5-2)19(15-9-7-6-8-10-15)20(24)22-16-11-12-17-18(13-16)25-14(3)21-17/h6-13,19H,4-5H2,1-3H3,(H,22,24). The van der Waals surface area contributed by atoms with Crippen molar-refractivity contribution in [1.82, 2.24) is 9.88 Å². The Balaban J connectivity index is 1.88. The number of hydrogen-bond donors (Lipinski definition) is 1. The third-order valence-corrected chi connectivity index (χ3v) is 5.24. The highest BCUT2D eigenvalue weighted by Gasteiger charge is 2.25. The third-order valence-electron chi connectivity index (χ3n) is 4.30. The molecule has 0 saturated heterocycles. The lowest BCUT2D eigenvalue weighted by atomic mass is 10.0. The molecule has 130 valence electrons. The maximum atomic E-state index is 13.0. The molecule has 0 bridgehead atoms. The van der Waals surface area contributed by atoms with Crippen LogP contribution in [0.15, 0.2) is 48.5 Å². The maximum absolute atomic E-state index is 13.0. The van der Waals surface area contributed by atoms with E-state index in [4.69, 9.17) is 0 Å². The second kappa shape index (κ2) is 7.76. The number of carbonyl (C=O) groups is 1. The third kappa shape index (κ3) is 3.89. The Morgan fingerprint density at radius 2 is 1.88 bits per heavy atom. The topological polar surface area (TPSA) is 45.2 Å². The summed E-state index contributed by atoms with van der Waals surface area (Å²) < 4.78 is 1.09. The van der Waals surface area contributed by atoms with E-state index in [1.807, 2.05) is 55.5 Å². The first-order chi connectivity index (χ1) is 12.1. The largest absolute Gasteiger partial charge is 0.324 e. The molecular formula is C20H23N3OS. The number of nitrogens with one attached hydrogen (secondary N) is 1. The number of fused-ring (bicyclic) bond motifs is 1. The Hall–Kier alpha value is -2.24. The van der Waals surface area contributed by atoms with E-state index >= 15 is 0 Å². The Morgan fingerprint density at radius 1 is 1.16 bits per heavy atom. The molecule has 0 aliphatic heterocycles. The maximum Gasteiger partial charge on any atom is 0.246 e. The number of carbonyl (C=O) groups excluding carboxylic acids is 1. The molecule has 0 spiro atoms. The molecule has 1 atom stereocenters. The van der Waals surface area contributed by atoms with Crippen LogP contribution in [0.4, 0.5) is 5.69 Å². The van der Waals surface area contributed by atoms with Crippen molar-refractivity contribution in [3.05, 3.63) is 59.1 Å². The fraction of sp³-hybridized carbons (Fsp3) is 0.300. The van der Waals surface area contributed by atoms with Crippen LogP contribution in [0.25, 0.3) is 10.2 Å². The SMILES string of the molecule is CCN(CC)C(C(=O)Nc1ccc2nc(C)sc2c1)c1ccccc1. The molecule has 0 aliphatic carbocycles. The van der Waals surface area contributed by atoms with Gasteiger partial charge in [-0.1, -0.05) is 44.2 Å². The summed E-state index contributed by atoms with van der Waals surface area (Å²) in [6.07, 6.45) is 0. The summed E-state index contributed by atoms with van der Waals surface area (Å²) >= 11 is 1.64. The van der Waals surface area contributed by atoms with Gasteiger partial charge in [0.2, 0.25) is 5.91 Å². The summed E-state index contributed by atoms with van der Waals surface area (Å²) in [5.74, 6) is -0.00418. The fourth-order valence-corrected chi connectivity index (χ4v) is 3.95. The first-order valence-corrected chi connectivity index (χ1v) is 9.41. The Kier molecular flexibility index (Phi) is 5.46. The second-order valence-electron chi connectivity index (χ2n) is 5.94. The average molecular weight is 353 g/mol. The van der Waals surface area contributed by atoms with Crippen molar-refractivity contribution in [3.63, 3.8) is 0 Å². The quantitative estimate of drug-likeness (QED) is 0.703. The molecule has 3 rings (SSSR count). The number of thiazole rings is 1. The summed E-state index contributed by atoms with van der Waals surface area (Å²) in [7, 11) is 0. The van der Waals surface area contributed by atoms with Crippen molar-refractivity contribution in [2.24, 2.45) is 0 Å². The molecule has 1 N–H and O–H groups in total. The van der Waals surface area contributed by atoms with Crippen LogP contribution in [0.2, 0.25) is 0 Å². The first kappa shape index (κ1) is 17.6. The lowest BCUT2D eigenvalue weighted by molar-refractivity contribution is -0.121. The van der Waals surface area contributed by atoms with Crippen LogP contribution in [0, 0.1) is 6.92 Å². The van der Waals surface area contributed by atoms with Crippen LogP contribution in [0.5, 0.6) is 0 Å². The lowest BCUT2D eigenvalue weighted by Crippen LogP contribution is -2.37. The molecule has 0 saturated carbocycles. The molecule has 25 heavy (non-hydrogen) atoms. The van der Waals surface area contributed by atoms with E-state index in [2.05, 4.69) is 29.0 Å². The summed E-state index contributed by atoms with van der Waals surface area (Å²) in [6.45, 7) is 7.79. The highest BCUT2D eigenvalue weighted by Crippen LogP contribution is 2.27. The number of nitrogens with zero attached hydrogens (tertiary/aromatic N) is 2. The highest BCUT2D eigenvalue weighted by molar-refractivity contribution is 7.18. The minimum Gasteiger partial charge on any atom is -0.324 e. The van der Waals surface area contributed by atoms with Gasteiger partial charge >= 0.3 is 0 Å². The molecule has 3 aromatic rings. The van der Waals surface area contributed by atoms with Crippen LogP contribution in [-0.4, -0.2) is 28.9 Å². The van der Waals surface area contributed by atoms with Gasteiger partial charge in [0.1, 0.15) is 6.04 Å². The molecule has 2 aromatic carbocycles. The van der Waals surface area contributed by atoms with Gasteiger partial charge in [0.05, 0.1) is 15.2 Å². The normalized spacial score (nSPS) is 12.5. The van der Waals surface area contributed by atoms with Gasteiger partial charge in [0.15, 0.2) is 0 Å². The van der Waals surface area contributed by atoms with Crippen LogP contribution < -0.4 is 5.32 Å². The highest BCUT2D eigenvalue weighted by atomic mass is 32.1. The molecule has 1 aromatic heterocycles. The molecule has 0 fully saturated rings. The van der Waals surface area contributed by atoms with Crippen molar-refractivity contribution in [2.75, 3.05) is 18.4 Å². The average Bonchev–Trinajstić information content (AvgIpc) is 2.99. The zero-order valence-electron chi connectivity index (χ0n) is 14.8. The number of amides is 1. The number of rotatable bonds is 6. The van der Waals surface area contributed by atoms with Gasteiger partial charge in [-0.25, -0.2) is 4.98 Å². The number of aryl methyl sites for hydroxylation is 1. The molecular weight excluding hydrogens is 330 g/mol. The van der Waals surface area contributed by atoms with Gasteiger partial charge in [0, 0.05) is 5.69 Å². The minimum absolute atomic E-state index is 0.00418. The van der Waals surface area contributed by atoms with E-state index in [0.717, 1.165) is 39.6 Å².